The van der Waals surface area contributed by atoms with Gasteiger partial charge in [0.05, 0.1) is 0 Å². The van der Waals surface area contributed by atoms with Crippen LogP contribution in [0, 0.1) is 23.5 Å². The molecule has 2 N–H and O–H groups in total. The summed E-state index contributed by atoms with van der Waals surface area (Å²) in [7, 11) is 1.43. The number of hydrogen-bond acceptors (Lipinski definition) is 3. The van der Waals surface area contributed by atoms with E-state index in [1.54, 1.807) is 0 Å². The van der Waals surface area contributed by atoms with Crippen molar-refractivity contribution in [3.05, 3.63) is 51.7 Å². The van der Waals surface area contributed by atoms with Gasteiger partial charge in [-0.1, -0.05) is 6.07 Å². The standard InChI is InChI=1S/C16H18F2N4O2/c1-22-16(24)20-14(21-22)15(23)19-8-10(9-5-6-9)7-11-12(17)3-2-4-13(11)18/h2-4,9-10H,5-8H2,1H3,(H,19,23)(H,20,21,24). The quantitative estimate of drug-likeness (QED) is 0.836. The van der Waals surface area contributed by atoms with Crippen LogP contribution in [0.2, 0.25) is 0 Å². The van der Waals surface area contributed by atoms with Crippen LogP contribution >= 0.6 is 0 Å². The fraction of sp³-hybridized carbons (Fsp3) is 0.438. The van der Waals surface area contributed by atoms with E-state index in [9.17, 15) is 18.4 Å². The molecule has 1 fully saturated rings. The highest BCUT2D eigenvalue weighted by molar-refractivity contribution is 5.90. The van der Waals surface area contributed by atoms with Crippen LogP contribution < -0.4 is 11.0 Å². The van der Waals surface area contributed by atoms with E-state index in [2.05, 4.69) is 15.4 Å². The van der Waals surface area contributed by atoms with Gasteiger partial charge >= 0.3 is 5.69 Å². The van der Waals surface area contributed by atoms with Crippen molar-refractivity contribution < 1.29 is 13.6 Å². The molecule has 0 aliphatic heterocycles. The highest BCUT2D eigenvalue weighted by atomic mass is 19.1. The number of H-pyrrole nitrogens is 1. The van der Waals surface area contributed by atoms with Gasteiger partial charge in [0.15, 0.2) is 0 Å². The number of aromatic nitrogens is 3. The number of amides is 1. The number of halogens is 2. The highest BCUT2D eigenvalue weighted by Gasteiger charge is 2.32. The average molecular weight is 336 g/mol. The summed E-state index contributed by atoms with van der Waals surface area (Å²) in [5.41, 5.74) is -0.429. The maximum Gasteiger partial charge on any atom is 0.343 e. The van der Waals surface area contributed by atoms with Crippen LogP contribution in [0.25, 0.3) is 0 Å². The van der Waals surface area contributed by atoms with Crippen molar-refractivity contribution in [3.8, 4) is 0 Å². The van der Waals surface area contributed by atoms with E-state index < -0.39 is 23.2 Å². The van der Waals surface area contributed by atoms with E-state index in [4.69, 9.17) is 0 Å². The number of carbonyl (C=O) groups is 1. The molecular formula is C16H18F2N4O2. The molecule has 6 nitrogen and oxygen atoms in total. The Hall–Kier alpha value is -2.51. The molecule has 1 unspecified atom stereocenters. The topological polar surface area (TPSA) is 79.8 Å². The van der Waals surface area contributed by atoms with Gasteiger partial charge < -0.3 is 5.32 Å². The monoisotopic (exact) mass is 336 g/mol. The Morgan fingerprint density at radius 3 is 2.62 bits per heavy atom. The van der Waals surface area contributed by atoms with Crippen LogP contribution in [0.5, 0.6) is 0 Å². The van der Waals surface area contributed by atoms with Crippen LogP contribution in [-0.2, 0) is 13.5 Å². The lowest BCUT2D eigenvalue weighted by molar-refractivity contribution is 0.0934. The number of aryl methyl sites for hydroxylation is 1. The summed E-state index contributed by atoms with van der Waals surface area (Å²) >= 11 is 0. The second kappa shape index (κ2) is 6.54. The Kier molecular flexibility index (Phi) is 4.46. The minimum absolute atomic E-state index is 0.0508. The molecule has 1 heterocycles. The lowest BCUT2D eigenvalue weighted by Gasteiger charge is -2.17. The largest absolute Gasteiger partial charge is 0.349 e. The summed E-state index contributed by atoms with van der Waals surface area (Å²) in [5, 5.41) is 6.47. The highest BCUT2D eigenvalue weighted by Crippen LogP contribution is 2.38. The fourth-order valence-corrected chi connectivity index (χ4v) is 2.77. The first kappa shape index (κ1) is 16.4. The molecule has 1 aliphatic rings. The summed E-state index contributed by atoms with van der Waals surface area (Å²) in [6.07, 6.45) is 2.19. The first-order valence-corrected chi connectivity index (χ1v) is 7.80. The van der Waals surface area contributed by atoms with Crippen LogP contribution in [0.15, 0.2) is 23.0 Å². The van der Waals surface area contributed by atoms with Gasteiger partial charge in [-0.05, 0) is 43.2 Å². The van der Waals surface area contributed by atoms with Gasteiger partial charge in [-0.2, -0.15) is 0 Å². The molecule has 1 amide bonds. The molecule has 1 saturated carbocycles. The van der Waals surface area contributed by atoms with Crippen molar-refractivity contribution in [2.45, 2.75) is 19.3 Å². The maximum absolute atomic E-state index is 13.8. The first-order valence-electron chi connectivity index (χ1n) is 7.80. The number of benzene rings is 1. The zero-order chi connectivity index (χ0) is 17.3. The summed E-state index contributed by atoms with van der Waals surface area (Å²) in [6.45, 7) is 0.274. The van der Waals surface area contributed by atoms with Gasteiger partial charge in [-0.25, -0.2) is 18.3 Å². The predicted molar refractivity (Wildman–Crippen MR) is 82.4 cm³/mol. The molecule has 128 valence electrons. The lowest BCUT2D eigenvalue weighted by atomic mass is 9.94. The Balaban J connectivity index is 1.67. The third-order valence-electron chi connectivity index (χ3n) is 4.33. The van der Waals surface area contributed by atoms with Gasteiger partial charge in [0.1, 0.15) is 11.6 Å². The van der Waals surface area contributed by atoms with Crippen molar-refractivity contribution in [2.24, 2.45) is 18.9 Å². The lowest BCUT2D eigenvalue weighted by Crippen LogP contribution is -2.32. The van der Waals surface area contributed by atoms with Crippen LogP contribution in [0.4, 0.5) is 8.78 Å². The Bertz CT molecular complexity index is 790. The number of carbonyl (C=O) groups excluding carboxylic acids is 1. The van der Waals surface area contributed by atoms with Crippen molar-refractivity contribution in [2.75, 3.05) is 6.54 Å². The van der Waals surface area contributed by atoms with Gasteiger partial charge in [-0.15, -0.1) is 5.10 Å². The molecule has 1 aromatic heterocycles. The molecule has 1 aliphatic carbocycles. The summed E-state index contributed by atoms with van der Waals surface area (Å²) in [5.74, 6) is -1.44. The maximum atomic E-state index is 13.8. The molecule has 8 heteroatoms. The summed E-state index contributed by atoms with van der Waals surface area (Å²) in [4.78, 5) is 25.7. The number of nitrogens with zero attached hydrogens (tertiary/aromatic N) is 2. The molecule has 24 heavy (non-hydrogen) atoms. The van der Waals surface area contributed by atoms with E-state index in [-0.39, 0.29) is 30.3 Å². The Morgan fingerprint density at radius 2 is 2.08 bits per heavy atom. The number of rotatable bonds is 6. The smallest absolute Gasteiger partial charge is 0.343 e. The first-order chi connectivity index (χ1) is 11.5. The number of nitrogens with one attached hydrogen (secondary N) is 2. The average Bonchev–Trinajstić information content (AvgIpc) is 3.32. The SMILES string of the molecule is Cn1nc(C(=O)NCC(Cc2c(F)cccc2F)C2CC2)[nH]c1=O. The number of aromatic amines is 1. The second-order valence-corrected chi connectivity index (χ2v) is 6.11. The fourth-order valence-electron chi connectivity index (χ4n) is 2.77. The molecule has 0 bridgehead atoms. The van der Waals surface area contributed by atoms with Crippen molar-refractivity contribution in [1.29, 1.82) is 0 Å². The molecule has 0 radical (unpaired) electrons. The van der Waals surface area contributed by atoms with Crippen molar-refractivity contribution >= 4 is 5.91 Å². The molecule has 2 aromatic rings. The van der Waals surface area contributed by atoms with Crippen molar-refractivity contribution in [3.63, 3.8) is 0 Å². The summed E-state index contributed by atoms with van der Waals surface area (Å²) < 4.78 is 28.7. The second-order valence-electron chi connectivity index (χ2n) is 6.11. The van der Waals surface area contributed by atoms with E-state index in [1.165, 1.54) is 25.2 Å². The van der Waals surface area contributed by atoms with Crippen LogP contribution in [-0.4, -0.2) is 27.2 Å². The minimum atomic E-state index is -0.568. The van der Waals surface area contributed by atoms with E-state index in [0.29, 0.717) is 5.92 Å². The third-order valence-corrected chi connectivity index (χ3v) is 4.33. The van der Waals surface area contributed by atoms with Gasteiger partial charge in [0, 0.05) is 19.2 Å². The molecule has 0 saturated heterocycles. The zero-order valence-electron chi connectivity index (χ0n) is 13.2. The van der Waals surface area contributed by atoms with Crippen LogP contribution in [0.3, 0.4) is 0 Å². The molecule has 0 spiro atoms. The van der Waals surface area contributed by atoms with Gasteiger partial charge in [0.25, 0.3) is 5.91 Å². The molecule has 3 rings (SSSR count). The predicted octanol–water partition coefficient (Wildman–Crippen LogP) is 1.39. The zero-order valence-corrected chi connectivity index (χ0v) is 13.2. The minimum Gasteiger partial charge on any atom is -0.349 e. The molecule has 1 aromatic carbocycles. The Labute approximate surface area is 136 Å². The Morgan fingerprint density at radius 1 is 1.42 bits per heavy atom. The van der Waals surface area contributed by atoms with E-state index in [0.717, 1.165) is 17.5 Å². The van der Waals surface area contributed by atoms with Crippen molar-refractivity contribution in [1.82, 2.24) is 20.1 Å². The normalized spacial score (nSPS) is 15.3. The van der Waals surface area contributed by atoms with E-state index >= 15 is 0 Å². The third kappa shape index (κ3) is 3.52. The molecule has 1 atom stereocenters. The van der Waals surface area contributed by atoms with Crippen LogP contribution in [0.1, 0.15) is 29.0 Å². The summed E-state index contributed by atoms with van der Waals surface area (Å²) in [6, 6.07) is 3.80. The van der Waals surface area contributed by atoms with Gasteiger partial charge in [0.2, 0.25) is 5.82 Å². The number of hydrogen-bond donors (Lipinski definition) is 2. The van der Waals surface area contributed by atoms with Gasteiger partial charge in [-0.3, -0.25) is 9.78 Å². The molecular weight excluding hydrogens is 318 g/mol. The van der Waals surface area contributed by atoms with E-state index in [1.807, 2.05) is 0 Å².